The third-order valence-electron chi connectivity index (χ3n) is 2.66. The van der Waals surface area contributed by atoms with Gasteiger partial charge in [-0.3, -0.25) is 9.89 Å². The van der Waals surface area contributed by atoms with Crippen molar-refractivity contribution in [3.05, 3.63) is 11.4 Å². The molecule has 1 rings (SSSR count). The van der Waals surface area contributed by atoms with Crippen molar-refractivity contribution < 1.29 is 4.79 Å². The van der Waals surface area contributed by atoms with Gasteiger partial charge in [0.05, 0.1) is 11.4 Å². The van der Waals surface area contributed by atoms with Gasteiger partial charge in [-0.05, 0) is 18.8 Å². The Kier molecular flexibility index (Phi) is 5.25. The van der Waals surface area contributed by atoms with E-state index in [-0.39, 0.29) is 17.5 Å². The van der Waals surface area contributed by atoms with Gasteiger partial charge >= 0.3 is 0 Å². The van der Waals surface area contributed by atoms with E-state index < -0.39 is 0 Å². The van der Waals surface area contributed by atoms with E-state index in [1.54, 1.807) is 0 Å². The van der Waals surface area contributed by atoms with Gasteiger partial charge in [-0.25, -0.2) is 0 Å². The second-order valence-corrected chi connectivity index (χ2v) is 4.47. The van der Waals surface area contributed by atoms with Crippen molar-refractivity contribution in [3.63, 3.8) is 0 Å². The van der Waals surface area contributed by atoms with E-state index in [0.717, 1.165) is 25.0 Å². The van der Waals surface area contributed by atoms with Crippen molar-refractivity contribution in [3.8, 4) is 12.3 Å². The van der Waals surface area contributed by atoms with E-state index in [2.05, 4.69) is 21.4 Å². The fourth-order valence-corrected chi connectivity index (χ4v) is 1.62. The van der Waals surface area contributed by atoms with Gasteiger partial charge in [0.1, 0.15) is 0 Å². The molecule has 0 aliphatic rings. The number of aromatic amines is 1. The van der Waals surface area contributed by atoms with E-state index >= 15 is 0 Å². The Labute approximate surface area is 108 Å². The molecule has 0 radical (unpaired) electrons. The van der Waals surface area contributed by atoms with Gasteiger partial charge in [-0.1, -0.05) is 13.8 Å². The van der Waals surface area contributed by atoms with Crippen LogP contribution in [0.1, 0.15) is 55.2 Å². The molecule has 1 aromatic rings. The molecule has 98 valence electrons. The number of carbonyl (C=O) groups is 1. The molecule has 4 N–H and O–H groups in total. The molecular formula is C13H20N4O. The lowest BCUT2D eigenvalue weighted by Crippen LogP contribution is -2.25. The Balaban J connectivity index is 2.50. The maximum Gasteiger partial charge on any atom is 0.273 e. The summed E-state index contributed by atoms with van der Waals surface area (Å²) in [5.41, 5.74) is 7.38. The first-order chi connectivity index (χ1) is 8.57. The van der Waals surface area contributed by atoms with Crippen molar-refractivity contribution in [1.29, 1.82) is 0 Å². The number of aromatic nitrogens is 2. The summed E-state index contributed by atoms with van der Waals surface area (Å²) in [6, 6.07) is 0. The Bertz CT molecular complexity index is 442. The van der Waals surface area contributed by atoms with Gasteiger partial charge in [-0.2, -0.15) is 5.10 Å². The number of nitrogens with one attached hydrogen (secondary N) is 2. The van der Waals surface area contributed by atoms with Crippen molar-refractivity contribution in [1.82, 2.24) is 15.5 Å². The molecule has 1 heterocycles. The number of terminal acetylenes is 1. The highest BCUT2D eigenvalue weighted by Gasteiger charge is 2.18. The van der Waals surface area contributed by atoms with Crippen LogP contribution in [0.5, 0.6) is 0 Å². The average molecular weight is 248 g/mol. The lowest BCUT2D eigenvalue weighted by atomic mass is 10.1. The first-order valence-electron chi connectivity index (χ1n) is 6.13. The van der Waals surface area contributed by atoms with Gasteiger partial charge in [0.25, 0.3) is 5.91 Å². The Morgan fingerprint density at radius 2 is 2.28 bits per heavy atom. The Morgan fingerprint density at radius 3 is 2.83 bits per heavy atom. The van der Waals surface area contributed by atoms with Crippen LogP contribution in [0.3, 0.4) is 0 Å². The number of nitrogens with zero attached hydrogens (tertiary/aromatic N) is 1. The van der Waals surface area contributed by atoms with Gasteiger partial charge in [0, 0.05) is 13.0 Å². The monoisotopic (exact) mass is 248 g/mol. The van der Waals surface area contributed by atoms with Crippen LogP contribution in [-0.2, 0) is 0 Å². The number of hydrogen-bond donors (Lipinski definition) is 3. The molecule has 0 unspecified atom stereocenters. The minimum Gasteiger partial charge on any atom is -0.395 e. The third-order valence-corrected chi connectivity index (χ3v) is 2.66. The summed E-state index contributed by atoms with van der Waals surface area (Å²) in [4.78, 5) is 11.8. The molecule has 0 fully saturated rings. The fraction of sp³-hybridized carbons (Fsp3) is 0.538. The molecule has 1 amide bonds. The number of rotatable bonds is 6. The maximum atomic E-state index is 11.8. The van der Waals surface area contributed by atoms with Crippen LogP contribution in [0.15, 0.2) is 0 Å². The molecule has 0 aromatic carbocycles. The first-order valence-corrected chi connectivity index (χ1v) is 6.13. The summed E-state index contributed by atoms with van der Waals surface area (Å²) in [6.07, 6.45) is 7.64. The molecule has 0 spiro atoms. The SMILES string of the molecule is C#CCCCCNC(=O)c1n[nH]c(C(C)C)c1N. The number of nitrogens with two attached hydrogens (primary N) is 1. The van der Waals surface area contributed by atoms with Crippen LogP contribution in [0, 0.1) is 12.3 Å². The number of unbranched alkanes of at least 4 members (excludes halogenated alkanes) is 2. The lowest BCUT2D eigenvalue weighted by Gasteiger charge is -2.04. The maximum absolute atomic E-state index is 11.8. The van der Waals surface area contributed by atoms with E-state index in [9.17, 15) is 4.79 Å². The average Bonchev–Trinajstić information content (AvgIpc) is 2.70. The normalized spacial score (nSPS) is 10.3. The molecule has 18 heavy (non-hydrogen) atoms. The van der Waals surface area contributed by atoms with E-state index in [4.69, 9.17) is 12.2 Å². The Morgan fingerprint density at radius 1 is 1.56 bits per heavy atom. The van der Waals surface area contributed by atoms with Crippen LogP contribution >= 0.6 is 0 Å². The quantitative estimate of drug-likeness (QED) is 0.528. The second-order valence-electron chi connectivity index (χ2n) is 4.47. The van der Waals surface area contributed by atoms with Crippen LogP contribution in [-0.4, -0.2) is 22.6 Å². The van der Waals surface area contributed by atoms with Crippen LogP contribution in [0.25, 0.3) is 0 Å². The van der Waals surface area contributed by atoms with Crippen LogP contribution in [0.2, 0.25) is 0 Å². The van der Waals surface area contributed by atoms with Crippen molar-refractivity contribution in [2.75, 3.05) is 12.3 Å². The number of carbonyl (C=O) groups excluding carboxylic acids is 1. The molecule has 0 saturated carbocycles. The zero-order valence-corrected chi connectivity index (χ0v) is 10.9. The summed E-state index contributed by atoms with van der Waals surface area (Å²) in [7, 11) is 0. The minimum atomic E-state index is -0.239. The predicted molar refractivity (Wildman–Crippen MR) is 72.1 cm³/mol. The number of amides is 1. The van der Waals surface area contributed by atoms with E-state index in [0.29, 0.717) is 12.2 Å². The predicted octanol–water partition coefficient (Wildman–Crippen LogP) is 1.65. The van der Waals surface area contributed by atoms with E-state index in [1.165, 1.54) is 0 Å². The van der Waals surface area contributed by atoms with Gasteiger partial charge in [0.15, 0.2) is 5.69 Å². The third kappa shape index (κ3) is 3.52. The van der Waals surface area contributed by atoms with Crippen molar-refractivity contribution >= 4 is 11.6 Å². The highest BCUT2D eigenvalue weighted by molar-refractivity contribution is 5.97. The van der Waals surface area contributed by atoms with Crippen molar-refractivity contribution in [2.24, 2.45) is 0 Å². The Hall–Kier alpha value is -1.96. The zero-order valence-electron chi connectivity index (χ0n) is 10.9. The highest BCUT2D eigenvalue weighted by atomic mass is 16.1. The zero-order chi connectivity index (χ0) is 13.5. The summed E-state index contributed by atoms with van der Waals surface area (Å²) < 4.78 is 0. The number of nitrogen functional groups attached to an aromatic ring is 1. The fourth-order valence-electron chi connectivity index (χ4n) is 1.62. The molecule has 1 aromatic heterocycles. The molecule has 5 nitrogen and oxygen atoms in total. The largest absolute Gasteiger partial charge is 0.395 e. The number of H-pyrrole nitrogens is 1. The number of anilines is 1. The summed E-state index contributed by atoms with van der Waals surface area (Å²) >= 11 is 0. The molecule has 0 bridgehead atoms. The first kappa shape index (κ1) is 14.1. The molecular weight excluding hydrogens is 228 g/mol. The minimum absolute atomic E-state index is 0.217. The smallest absolute Gasteiger partial charge is 0.273 e. The molecule has 0 saturated heterocycles. The standard InChI is InChI=1S/C13H20N4O/c1-4-5-6-7-8-15-13(18)12-10(14)11(9(2)3)16-17-12/h1,9H,5-8,14H2,2-3H3,(H,15,18)(H,16,17). The molecule has 0 atom stereocenters. The molecule has 0 aliphatic carbocycles. The van der Waals surface area contributed by atoms with Gasteiger partial charge < -0.3 is 11.1 Å². The van der Waals surface area contributed by atoms with Gasteiger partial charge in [-0.15, -0.1) is 12.3 Å². The van der Waals surface area contributed by atoms with E-state index in [1.807, 2.05) is 13.8 Å². The summed E-state index contributed by atoms with van der Waals surface area (Å²) in [5, 5.41) is 9.54. The highest BCUT2D eigenvalue weighted by Crippen LogP contribution is 2.21. The molecule has 0 aliphatic heterocycles. The van der Waals surface area contributed by atoms with Gasteiger partial charge in [0.2, 0.25) is 0 Å². The topological polar surface area (TPSA) is 83.8 Å². The van der Waals surface area contributed by atoms with Crippen LogP contribution < -0.4 is 11.1 Å². The summed E-state index contributed by atoms with van der Waals surface area (Å²) in [5.74, 6) is 2.54. The lowest BCUT2D eigenvalue weighted by molar-refractivity contribution is 0.0949. The number of hydrogen-bond acceptors (Lipinski definition) is 3. The van der Waals surface area contributed by atoms with Crippen molar-refractivity contribution in [2.45, 2.75) is 39.0 Å². The summed E-state index contributed by atoms with van der Waals surface area (Å²) in [6.45, 7) is 4.57. The van der Waals surface area contributed by atoms with Crippen LogP contribution in [0.4, 0.5) is 5.69 Å². The second kappa shape index (κ2) is 6.70. The molecule has 5 heteroatoms.